The summed E-state index contributed by atoms with van der Waals surface area (Å²) in [7, 11) is 0. The summed E-state index contributed by atoms with van der Waals surface area (Å²) in [6, 6.07) is 0. The molecule has 0 atom stereocenters. The first-order chi connectivity index (χ1) is 3.93. The summed E-state index contributed by atoms with van der Waals surface area (Å²) in [5, 5.41) is 1.97. The molecule has 0 saturated carbocycles. The normalized spacial score (nSPS) is 17.4. The Bertz CT molecular complexity index is 130. The molecule has 0 aromatic rings. The van der Waals surface area contributed by atoms with Crippen LogP contribution in [0.2, 0.25) is 0 Å². The van der Waals surface area contributed by atoms with Gasteiger partial charge in [0.2, 0.25) is 0 Å². The van der Waals surface area contributed by atoms with Crippen molar-refractivity contribution in [3.8, 4) is 0 Å². The zero-order valence-corrected chi connectivity index (χ0v) is 5.80. The molecule has 0 fully saturated rings. The topological polar surface area (TPSA) is 12.0 Å². The van der Waals surface area contributed by atoms with Gasteiger partial charge in [-0.3, -0.25) is 0 Å². The molecule has 1 heterocycles. The largest absolute Gasteiger partial charge is 0.333 e. The van der Waals surface area contributed by atoms with Gasteiger partial charge in [-0.25, -0.2) is 0 Å². The molecule has 44 valence electrons. The van der Waals surface area contributed by atoms with E-state index in [4.69, 9.17) is 11.6 Å². The van der Waals surface area contributed by atoms with Crippen LogP contribution in [0.1, 0.15) is 0 Å². The van der Waals surface area contributed by atoms with Gasteiger partial charge in [0.25, 0.3) is 0 Å². The highest BCUT2D eigenvalue weighted by atomic mass is 35.5. The van der Waals surface area contributed by atoms with Gasteiger partial charge < -0.3 is 4.72 Å². The zero-order valence-electron chi connectivity index (χ0n) is 4.23. The van der Waals surface area contributed by atoms with Gasteiger partial charge in [-0.1, -0.05) is 0 Å². The molecule has 1 N–H and O–H groups in total. The van der Waals surface area contributed by atoms with Crippen molar-refractivity contribution in [2.24, 2.45) is 0 Å². The van der Waals surface area contributed by atoms with Gasteiger partial charge in [-0.15, -0.1) is 11.6 Å². The van der Waals surface area contributed by atoms with E-state index in [1.807, 2.05) is 17.7 Å². The van der Waals surface area contributed by atoms with Gasteiger partial charge in [0.05, 0.1) is 0 Å². The van der Waals surface area contributed by atoms with Gasteiger partial charge in [0.15, 0.2) is 0 Å². The highest BCUT2D eigenvalue weighted by molar-refractivity contribution is 8.00. The number of nitrogens with one attached hydrogen (secondary N) is 1. The first-order valence-electron chi connectivity index (χ1n) is 2.26. The van der Waals surface area contributed by atoms with Crippen molar-refractivity contribution in [2.45, 2.75) is 0 Å². The first kappa shape index (κ1) is 6.05. The SMILES string of the molecule is ClCC1=CNSC=C1. The predicted molar refractivity (Wildman–Crippen MR) is 38.7 cm³/mol. The molecule has 0 unspecified atom stereocenters. The van der Waals surface area contributed by atoms with E-state index >= 15 is 0 Å². The van der Waals surface area contributed by atoms with Crippen LogP contribution >= 0.6 is 23.5 Å². The highest BCUT2D eigenvalue weighted by Crippen LogP contribution is 2.09. The Hall–Kier alpha value is -0.0800. The summed E-state index contributed by atoms with van der Waals surface area (Å²) < 4.78 is 2.97. The number of rotatable bonds is 1. The quantitative estimate of drug-likeness (QED) is 0.449. The Morgan fingerprint density at radius 1 is 1.75 bits per heavy atom. The van der Waals surface area contributed by atoms with Crippen LogP contribution in [-0.2, 0) is 0 Å². The molecular weight excluding hydrogens is 142 g/mol. The van der Waals surface area contributed by atoms with E-state index in [-0.39, 0.29) is 0 Å². The van der Waals surface area contributed by atoms with Gasteiger partial charge in [0.1, 0.15) is 0 Å². The molecule has 0 bridgehead atoms. The number of hydrogen-bond donors (Lipinski definition) is 1. The lowest BCUT2D eigenvalue weighted by Crippen LogP contribution is -1.96. The van der Waals surface area contributed by atoms with Crippen LogP contribution in [0.3, 0.4) is 0 Å². The average Bonchev–Trinajstić information content (AvgIpc) is 1.90. The molecule has 3 heteroatoms. The molecule has 1 nitrogen and oxygen atoms in total. The number of alkyl halides is 1. The van der Waals surface area contributed by atoms with E-state index in [0.29, 0.717) is 5.88 Å². The van der Waals surface area contributed by atoms with Crippen molar-refractivity contribution in [1.82, 2.24) is 4.72 Å². The summed E-state index contributed by atoms with van der Waals surface area (Å²) in [5.41, 5.74) is 1.13. The van der Waals surface area contributed by atoms with Crippen molar-refractivity contribution in [2.75, 3.05) is 5.88 Å². The summed E-state index contributed by atoms with van der Waals surface area (Å²) in [5.74, 6) is 0.587. The Kier molecular flexibility index (Phi) is 2.30. The minimum Gasteiger partial charge on any atom is -0.333 e. The second-order valence-electron chi connectivity index (χ2n) is 1.39. The molecule has 0 amide bonds. The van der Waals surface area contributed by atoms with Crippen LogP contribution in [0.15, 0.2) is 23.3 Å². The summed E-state index contributed by atoms with van der Waals surface area (Å²) >= 11 is 7.06. The standard InChI is InChI=1S/C5H6ClNS/c6-3-5-1-2-8-7-4-5/h1-2,4,7H,3H2. The van der Waals surface area contributed by atoms with Crippen LogP contribution < -0.4 is 4.72 Å². The van der Waals surface area contributed by atoms with Crippen LogP contribution in [0.25, 0.3) is 0 Å². The number of allylic oxidation sites excluding steroid dienone is 2. The van der Waals surface area contributed by atoms with E-state index in [0.717, 1.165) is 5.57 Å². The molecule has 0 spiro atoms. The smallest absolute Gasteiger partial charge is 0.0488 e. The van der Waals surface area contributed by atoms with E-state index in [2.05, 4.69) is 4.72 Å². The second kappa shape index (κ2) is 3.05. The summed E-state index contributed by atoms with van der Waals surface area (Å²) in [4.78, 5) is 0. The lowest BCUT2D eigenvalue weighted by atomic mass is 10.3. The van der Waals surface area contributed by atoms with Gasteiger partial charge in [-0.05, 0) is 29.0 Å². The van der Waals surface area contributed by atoms with Gasteiger partial charge >= 0.3 is 0 Å². The van der Waals surface area contributed by atoms with Crippen LogP contribution in [0, 0.1) is 0 Å². The molecule has 1 aliphatic heterocycles. The average molecular weight is 148 g/mol. The fraction of sp³-hybridized carbons (Fsp3) is 0.200. The highest BCUT2D eigenvalue weighted by Gasteiger charge is 1.91. The lowest BCUT2D eigenvalue weighted by Gasteiger charge is -2.02. The van der Waals surface area contributed by atoms with Gasteiger partial charge in [0, 0.05) is 12.1 Å². The predicted octanol–water partition coefficient (Wildman–Crippen LogP) is 1.87. The fourth-order valence-electron chi connectivity index (χ4n) is 0.402. The minimum absolute atomic E-state index is 0.587. The Balaban J connectivity index is 2.51. The molecule has 0 aromatic carbocycles. The Morgan fingerprint density at radius 2 is 2.62 bits per heavy atom. The van der Waals surface area contributed by atoms with Crippen LogP contribution in [0.4, 0.5) is 0 Å². The Labute approximate surface area is 57.9 Å². The monoisotopic (exact) mass is 147 g/mol. The third kappa shape index (κ3) is 1.46. The van der Waals surface area contributed by atoms with E-state index in [1.54, 1.807) is 11.9 Å². The third-order valence-electron chi connectivity index (χ3n) is 0.817. The second-order valence-corrected chi connectivity index (χ2v) is 2.40. The molecule has 0 saturated heterocycles. The minimum atomic E-state index is 0.587. The van der Waals surface area contributed by atoms with E-state index < -0.39 is 0 Å². The van der Waals surface area contributed by atoms with Crippen molar-refractivity contribution in [1.29, 1.82) is 0 Å². The maximum Gasteiger partial charge on any atom is 0.0488 e. The number of hydrogen-bond acceptors (Lipinski definition) is 2. The number of halogens is 1. The molecule has 1 aliphatic rings. The van der Waals surface area contributed by atoms with Crippen molar-refractivity contribution >= 4 is 23.5 Å². The molecular formula is C5H6ClNS. The molecule has 0 radical (unpaired) electrons. The van der Waals surface area contributed by atoms with Crippen molar-refractivity contribution in [3.05, 3.63) is 23.3 Å². The van der Waals surface area contributed by atoms with Crippen molar-refractivity contribution < 1.29 is 0 Å². The van der Waals surface area contributed by atoms with E-state index in [1.165, 1.54) is 0 Å². The zero-order chi connectivity index (χ0) is 5.82. The lowest BCUT2D eigenvalue weighted by molar-refractivity contribution is 1.33. The molecule has 0 aliphatic carbocycles. The third-order valence-corrected chi connectivity index (χ3v) is 1.65. The van der Waals surface area contributed by atoms with Gasteiger partial charge in [-0.2, -0.15) is 0 Å². The summed E-state index contributed by atoms with van der Waals surface area (Å²) in [6.45, 7) is 0. The summed E-state index contributed by atoms with van der Waals surface area (Å²) in [6.07, 6.45) is 3.89. The fourth-order valence-corrected chi connectivity index (χ4v) is 1.11. The molecule has 0 aromatic heterocycles. The van der Waals surface area contributed by atoms with Crippen molar-refractivity contribution in [3.63, 3.8) is 0 Å². The van der Waals surface area contributed by atoms with E-state index in [9.17, 15) is 0 Å². The van der Waals surface area contributed by atoms with Crippen LogP contribution in [0.5, 0.6) is 0 Å². The molecule has 8 heavy (non-hydrogen) atoms. The first-order valence-corrected chi connectivity index (χ1v) is 3.67. The molecule has 1 rings (SSSR count). The Morgan fingerprint density at radius 3 is 3.00 bits per heavy atom. The maximum atomic E-state index is 5.51. The maximum absolute atomic E-state index is 5.51. The van der Waals surface area contributed by atoms with Crippen LogP contribution in [-0.4, -0.2) is 5.88 Å².